The standard InChI is InChI=1S/C12H15NO2/c1-9(14)13-7-6-11-10(8-13)4-3-5-12(11)15-2/h3-5H,6-8H2,1-2H3. The molecule has 15 heavy (non-hydrogen) atoms. The van der Waals surface area contributed by atoms with Crippen molar-refractivity contribution in [2.45, 2.75) is 19.9 Å². The Bertz CT molecular complexity index is 387. The number of ether oxygens (including phenoxy) is 1. The van der Waals surface area contributed by atoms with Gasteiger partial charge < -0.3 is 9.64 Å². The van der Waals surface area contributed by atoms with Crippen LogP contribution in [0.2, 0.25) is 0 Å². The molecule has 1 aliphatic rings. The molecular weight excluding hydrogens is 190 g/mol. The number of hydrogen-bond donors (Lipinski definition) is 0. The summed E-state index contributed by atoms with van der Waals surface area (Å²) in [4.78, 5) is 13.1. The van der Waals surface area contributed by atoms with Crippen LogP contribution in [0.15, 0.2) is 18.2 Å². The normalized spacial score (nSPS) is 14.7. The highest BCUT2D eigenvalue weighted by molar-refractivity contribution is 5.73. The number of hydrogen-bond acceptors (Lipinski definition) is 2. The summed E-state index contributed by atoms with van der Waals surface area (Å²) in [6.45, 7) is 3.12. The minimum atomic E-state index is 0.142. The predicted octanol–water partition coefficient (Wildman–Crippen LogP) is 1.60. The fraction of sp³-hybridized carbons (Fsp3) is 0.417. The summed E-state index contributed by atoms with van der Waals surface area (Å²) in [5.74, 6) is 1.08. The molecule has 0 spiro atoms. The van der Waals surface area contributed by atoms with E-state index >= 15 is 0 Å². The molecule has 0 aliphatic carbocycles. The molecule has 0 bridgehead atoms. The first-order valence-corrected chi connectivity index (χ1v) is 5.12. The van der Waals surface area contributed by atoms with Crippen molar-refractivity contribution in [3.63, 3.8) is 0 Å². The van der Waals surface area contributed by atoms with Crippen LogP contribution in [0.5, 0.6) is 5.75 Å². The van der Waals surface area contributed by atoms with Gasteiger partial charge in [-0.1, -0.05) is 12.1 Å². The van der Waals surface area contributed by atoms with E-state index in [9.17, 15) is 4.79 Å². The second kappa shape index (κ2) is 3.93. The van der Waals surface area contributed by atoms with Crippen LogP contribution in [0, 0.1) is 0 Å². The van der Waals surface area contributed by atoms with Gasteiger partial charge in [0.2, 0.25) is 5.91 Å². The molecular formula is C12H15NO2. The Hall–Kier alpha value is -1.51. The van der Waals surface area contributed by atoms with Crippen molar-refractivity contribution in [3.05, 3.63) is 29.3 Å². The van der Waals surface area contributed by atoms with Crippen molar-refractivity contribution in [2.75, 3.05) is 13.7 Å². The summed E-state index contributed by atoms with van der Waals surface area (Å²) in [6.07, 6.45) is 0.888. The number of fused-ring (bicyclic) bond motifs is 1. The molecule has 0 N–H and O–H groups in total. The summed E-state index contributed by atoms with van der Waals surface area (Å²) in [6, 6.07) is 6.01. The van der Waals surface area contributed by atoms with Crippen LogP contribution >= 0.6 is 0 Å². The smallest absolute Gasteiger partial charge is 0.219 e. The van der Waals surface area contributed by atoms with Gasteiger partial charge in [0.1, 0.15) is 5.75 Å². The minimum Gasteiger partial charge on any atom is -0.496 e. The largest absolute Gasteiger partial charge is 0.496 e. The summed E-state index contributed by atoms with van der Waals surface area (Å²) in [7, 11) is 1.69. The molecule has 1 heterocycles. The van der Waals surface area contributed by atoms with E-state index in [2.05, 4.69) is 6.07 Å². The number of nitrogens with zero attached hydrogens (tertiary/aromatic N) is 1. The number of amides is 1. The molecule has 3 heteroatoms. The lowest BCUT2D eigenvalue weighted by molar-refractivity contribution is -0.129. The van der Waals surface area contributed by atoms with Gasteiger partial charge in [0.25, 0.3) is 0 Å². The van der Waals surface area contributed by atoms with Crippen LogP contribution in [-0.4, -0.2) is 24.5 Å². The van der Waals surface area contributed by atoms with Crippen LogP contribution in [0.1, 0.15) is 18.1 Å². The van der Waals surface area contributed by atoms with Gasteiger partial charge in [0.05, 0.1) is 7.11 Å². The molecule has 0 fully saturated rings. The topological polar surface area (TPSA) is 29.5 Å². The van der Waals surface area contributed by atoms with Gasteiger partial charge >= 0.3 is 0 Å². The predicted molar refractivity (Wildman–Crippen MR) is 57.8 cm³/mol. The van der Waals surface area contributed by atoms with E-state index in [1.54, 1.807) is 14.0 Å². The maximum absolute atomic E-state index is 11.3. The number of methoxy groups -OCH3 is 1. The van der Waals surface area contributed by atoms with Crippen molar-refractivity contribution in [1.82, 2.24) is 4.90 Å². The lowest BCUT2D eigenvalue weighted by Gasteiger charge is -2.28. The highest BCUT2D eigenvalue weighted by Gasteiger charge is 2.20. The molecule has 2 rings (SSSR count). The quantitative estimate of drug-likeness (QED) is 0.697. The molecule has 1 amide bonds. The lowest BCUT2D eigenvalue weighted by Crippen LogP contribution is -2.34. The SMILES string of the molecule is COc1cccc2c1CCN(C(C)=O)C2. The molecule has 0 saturated carbocycles. The van der Waals surface area contributed by atoms with E-state index in [0.29, 0.717) is 6.54 Å². The molecule has 0 radical (unpaired) electrons. The molecule has 80 valence electrons. The van der Waals surface area contributed by atoms with E-state index in [1.165, 1.54) is 11.1 Å². The van der Waals surface area contributed by atoms with Crippen molar-refractivity contribution < 1.29 is 9.53 Å². The van der Waals surface area contributed by atoms with Gasteiger partial charge in [-0.25, -0.2) is 0 Å². The Balaban J connectivity index is 2.31. The Kier molecular flexibility index (Phi) is 2.62. The Labute approximate surface area is 89.7 Å². The average Bonchev–Trinajstić information content (AvgIpc) is 2.27. The van der Waals surface area contributed by atoms with Crippen molar-refractivity contribution >= 4 is 5.91 Å². The van der Waals surface area contributed by atoms with Crippen molar-refractivity contribution in [3.8, 4) is 5.75 Å². The van der Waals surface area contributed by atoms with Crippen molar-refractivity contribution in [2.24, 2.45) is 0 Å². The molecule has 1 aliphatic heterocycles. The number of carbonyl (C=O) groups is 1. The van der Waals surface area contributed by atoms with Gasteiger partial charge in [-0.2, -0.15) is 0 Å². The van der Waals surface area contributed by atoms with Gasteiger partial charge in [0.15, 0.2) is 0 Å². The van der Waals surface area contributed by atoms with Crippen LogP contribution in [0.3, 0.4) is 0 Å². The Morgan fingerprint density at radius 2 is 2.27 bits per heavy atom. The maximum Gasteiger partial charge on any atom is 0.219 e. The van der Waals surface area contributed by atoms with Crippen LogP contribution in [0.4, 0.5) is 0 Å². The van der Waals surface area contributed by atoms with E-state index in [1.807, 2.05) is 17.0 Å². The first kappa shape index (κ1) is 10.0. The monoisotopic (exact) mass is 205 g/mol. The molecule has 0 atom stereocenters. The van der Waals surface area contributed by atoms with Gasteiger partial charge in [-0.05, 0) is 18.1 Å². The lowest BCUT2D eigenvalue weighted by atomic mass is 9.99. The third-order valence-corrected chi connectivity index (χ3v) is 2.89. The summed E-state index contributed by atoms with van der Waals surface area (Å²) in [5, 5.41) is 0. The number of benzene rings is 1. The van der Waals surface area contributed by atoms with E-state index in [-0.39, 0.29) is 5.91 Å². The highest BCUT2D eigenvalue weighted by atomic mass is 16.5. The first-order chi connectivity index (χ1) is 7.22. The van der Waals surface area contributed by atoms with E-state index in [0.717, 1.165) is 18.7 Å². The molecule has 1 aromatic rings. The fourth-order valence-corrected chi connectivity index (χ4v) is 2.03. The zero-order valence-electron chi connectivity index (χ0n) is 9.12. The average molecular weight is 205 g/mol. The van der Waals surface area contributed by atoms with Crippen LogP contribution in [0.25, 0.3) is 0 Å². The van der Waals surface area contributed by atoms with Gasteiger partial charge in [-0.3, -0.25) is 4.79 Å². The Morgan fingerprint density at radius 3 is 2.93 bits per heavy atom. The third-order valence-electron chi connectivity index (χ3n) is 2.89. The maximum atomic E-state index is 11.3. The molecule has 0 aromatic heterocycles. The zero-order chi connectivity index (χ0) is 10.8. The van der Waals surface area contributed by atoms with E-state index in [4.69, 9.17) is 4.74 Å². The highest BCUT2D eigenvalue weighted by Crippen LogP contribution is 2.27. The number of carbonyl (C=O) groups excluding carboxylic acids is 1. The molecule has 3 nitrogen and oxygen atoms in total. The van der Waals surface area contributed by atoms with Crippen LogP contribution < -0.4 is 4.74 Å². The third kappa shape index (κ3) is 1.82. The summed E-state index contributed by atoms with van der Waals surface area (Å²) >= 11 is 0. The molecule has 0 unspecified atom stereocenters. The second-order valence-corrected chi connectivity index (χ2v) is 3.79. The second-order valence-electron chi connectivity index (χ2n) is 3.79. The fourth-order valence-electron chi connectivity index (χ4n) is 2.03. The van der Waals surface area contributed by atoms with Gasteiger partial charge in [-0.15, -0.1) is 0 Å². The minimum absolute atomic E-state index is 0.142. The van der Waals surface area contributed by atoms with Gasteiger partial charge in [0, 0.05) is 25.6 Å². The van der Waals surface area contributed by atoms with Crippen molar-refractivity contribution in [1.29, 1.82) is 0 Å². The number of rotatable bonds is 1. The molecule has 1 aromatic carbocycles. The summed E-state index contributed by atoms with van der Waals surface area (Å²) in [5.41, 5.74) is 2.45. The molecule has 0 saturated heterocycles. The zero-order valence-corrected chi connectivity index (χ0v) is 9.12. The van der Waals surface area contributed by atoms with E-state index < -0.39 is 0 Å². The summed E-state index contributed by atoms with van der Waals surface area (Å²) < 4.78 is 5.30. The first-order valence-electron chi connectivity index (χ1n) is 5.12. The Morgan fingerprint density at radius 1 is 1.47 bits per heavy atom. The van der Waals surface area contributed by atoms with Crippen LogP contribution in [-0.2, 0) is 17.8 Å².